The fourth-order valence-electron chi connectivity index (χ4n) is 4.96. The highest BCUT2D eigenvalue weighted by Gasteiger charge is 2.31. The zero-order valence-electron chi connectivity index (χ0n) is 20.0. The number of nitrogens with two attached hydrogens (primary N) is 1. The van der Waals surface area contributed by atoms with Gasteiger partial charge in [-0.1, -0.05) is 34.8 Å². The minimum atomic E-state index is -0.799. The molecular weight excluding hydrogens is 501 g/mol. The summed E-state index contributed by atoms with van der Waals surface area (Å²) in [7, 11) is 1.61. The molecule has 2 aromatic heterocycles. The van der Waals surface area contributed by atoms with Crippen molar-refractivity contribution in [1.29, 1.82) is 0 Å². The minimum Gasteiger partial charge on any atom is -0.497 e. The second kappa shape index (κ2) is 12.0. The number of rotatable bonds is 8. The predicted octanol–water partition coefficient (Wildman–Crippen LogP) is 5.34. The van der Waals surface area contributed by atoms with Gasteiger partial charge in [0.05, 0.1) is 29.1 Å². The number of hydrogen-bond acceptors (Lipinski definition) is 6. The molecule has 1 aromatic carbocycles. The Morgan fingerprint density at radius 3 is 2.94 bits per heavy atom. The number of ether oxygens (including phenoxy) is 1. The summed E-state index contributed by atoms with van der Waals surface area (Å²) in [6.45, 7) is 2.03. The van der Waals surface area contributed by atoms with Gasteiger partial charge in [-0.05, 0) is 73.5 Å². The summed E-state index contributed by atoms with van der Waals surface area (Å²) < 4.78 is 18.5. The molecule has 0 amide bonds. The number of hydrogen-bond donors (Lipinski definition) is 2. The van der Waals surface area contributed by atoms with E-state index in [4.69, 9.17) is 22.1 Å². The largest absolute Gasteiger partial charge is 0.497 e. The Kier molecular flexibility index (Phi) is 8.81. The maximum absolute atomic E-state index is 13.2. The van der Waals surface area contributed by atoms with Crippen molar-refractivity contribution in [1.82, 2.24) is 9.88 Å². The number of carbonyl (C=O) groups is 1. The third-order valence-corrected chi connectivity index (χ3v) is 7.88. The van der Waals surface area contributed by atoms with Crippen molar-refractivity contribution in [3.63, 3.8) is 0 Å². The van der Waals surface area contributed by atoms with Crippen LogP contribution in [-0.4, -0.2) is 47.7 Å². The first-order valence-electron chi connectivity index (χ1n) is 11.9. The Morgan fingerprint density at radius 2 is 2.22 bits per heavy atom. The Bertz CT molecular complexity index is 1290. The number of nitrogens with zero attached hydrogens (tertiary/aromatic N) is 2. The highest BCUT2D eigenvalue weighted by molar-refractivity contribution is 7.10. The summed E-state index contributed by atoms with van der Waals surface area (Å²) in [5, 5.41) is 10.7. The molecule has 0 aliphatic carbocycles. The molecule has 4 rings (SSSR count). The smallest absolute Gasteiger partial charge is 0.303 e. The number of benzene rings is 1. The standard InChI is InChI=1S/C27H29ClFN3O3S/c1-35-19-5-8-24-21(14-19)27(22(28)15-31-24)23(30)7-4-17-10-12-32(16-18(17)13-26(33)34)11-2-3-20-6-9-25(29)36-20/h5-6,8-9,14-15,17-18,23H,4,7,10-13,16,30H2,1H3,(H,33,34). The highest BCUT2D eigenvalue weighted by atomic mass is 35.5. The van der Waals surface area contributed by atoms with Gasteiger partial charge in [0, 0.05) is 30.6 Å². The first kappa shape index (κ1) is 26.4. The maximum atomic E-state index is 13.2. The Labute approximate surface area is 219 Å². The third-order valence-electron chi connectivity index (χ3n) is 6.79. The maximum Gasteiger partial charge on any atom is 0.303 e. The van der Waals surface area contributed by atoms with Gasteiger partial charge < -0.3 is 15.6 Å². The summed E-state index contributed by atoms with van der Waals surface area (Å²) in [5.41, 5.74) is 8.28. The molecule has 3 atom stereocenters. The molecule has 1 aliphatic rings. The molecule has 0 spiro atoms. The minimum absolute atomic E-state index is 0.00850. The van der Waals surface area contributed by atoms with Gasteiger partial charge in [-0.15, -0.1) is 0 Å². The van der Waals surface area contributed by atoms with Crippen molar-refractivity contribution in [3.05, 3.63) is 57.1 Å². The number of aliphatic carboxylic acids is 1. The van der Waals surface area contributed by atoms with Gasteiger partial charge >= 0.3 is 5.97 Å². The van der Waals surface area contributed by atoms with E-state index in [2.05, 4.69) is 21.7 Å². The molecule has 36 heavy (non-hydrogen) atoms. The van der Waals surface area contributed by atoms with Crippen LogP contribution < -0.4 is 10.5 Å². The average molecular weight is 530 g/mol. The number of fused-ring (bicyclic) bond motifs is 1. The molecule has 1 fully saturated rings. The van der Waals surface area contributed by atoms with Gasteiger partial charge in [0.15, 0.2) is 5.13 Å². The van der Waals surface area contributed by atoms with E-state index >= 15 is 0 Å². The SMILES string of the molecule is COc1ccc2ncc(Cl)c(C(N)CCC3CCN(CC#Cc4ccc(F)s4)CC3CC(=O)O)c2c1. The number of thiophene rings is 1. The summed E-state index contributed by atoms with van der Waals surface area (Å²) in [6, 6.07) is 8.41. The van der Waals surface area contributed by atoms with Crippen LogP contribution in [0.15, 0.2) is 36.5 Å². The first-order valence-corrected chi connectivity index (χ1v) is 13.1. The highest BCUT2D eigenvalue weighted by Crippen LogP contribution is 2.36. The van der Waals surface area contributed by atoms with E-state index in [1.807, 2.05) is 18.2 Å². The van der Waals surface area contributed by atoms with Gasteiger partial charge in [-0.25, -0.2) is 0 Å². The van der Waals surface area contributed by atoms with E-state index < -0.39 is 5.97 Å². The quantitative estimate of drug-likeness (QED) is 0.383. The predicted molar refractivity (Wildman–Crippen MR) is 141 cm³/mol. The number of piperidine rings is 1. The molecule has 9 heteroatoms. The van der Waals surface area contributed by atoms with E-state index in [1.165, 1.54) is 6.07 Å². The fourth-order valence-corrected chi connectivity index (χ4v) is 5.86. The molecule has 6 nitrogen and oxygen atoms in total. The van der Waals surface area contributed by atoms with E-state index in [0.717, 1.165) is 47.2 Å². The Morgan fingerprint density at radius 1 is 1.39 bits per heavy atom. The average Bonchev–Trinajstić information content (AvgIpc) is 3.27. The number of likely N-dealkylation sites (tertiary alicyclic amines) is 1. The lowest BCUT2D eigenvalue weighted by atomic mass is 9.79. The second-order valence-corrected chi connectivity index (χ2v) is 10.6. The molecule has 1 aliphatic heterocycles. The number of aromatic nitrogens is 1. The topological polar surface area (TPSA) is 88.7 Å². The number of carboxylic acids is 1. The Balaban J connectivity index is 1.42. The molecule has 190 valence electrons. The number of pyridine rings is 1. The van der Waals surface area contributed by atoms with Gasteiger partial charge in [0.1, 0.15) is 5.75 Å². The van der Waals surface area contributed by atoms with Crippen molar-refractivity contribution >= 4 is 39.8 Å². The number of carboxylic acid groups (broad SMARTS) is 1. The van der Waals surface area contributed by atoms with Crippen LogP contribution in [0.4, 0.5) is 4.39 Å². The van der Waals surface area contributed by atoms with Crippen LogP contribution in [0, 0.1) is 28.8 Å². The lowest BCUT2D eigenvalue weighted by Gasteiger charge is -2.37. The summed E-state index contributed by atoms with van der Waals surface area (Å²) in [5.74, 6) is 6.25. The van der Waals surface area contributed by atoms with Gasteiger partial charge in [-0.2, -0.15) is 4.39 Å². The molecule has 3 heterocycles. The molecule has 3 N–H and O–H groups in total. The summed E-state index contributed by atoms with van der Waals surface area (Å²) in [4.78, 5) is 18.9. The van der Waals surface area contributed by atoms with Crippen LogP contribution in [0.2, 0.25) is 5.02 Å². The van der Waals surface area contributed by atoms with Crippen LogP contribution in [0.25, 0.3) is 10.9 Å². The number of methoxy groups -OCH3 is 1. The van der Waals surface area contributed by atoms with Crippen LogP contribution in [-0.2, 0) is 4.79 Å². The van der Waals surface area contributed by atoms with Crippen molar-refractivity contribution in [3.8, 4) is 17.6 Å². The zero-order valence-corrected chi connectivity index (χ0v) is 21.6. The third kappa shape index (κ3) is 6.54. The van der Waals surface area contributed by atoms with Gasteiger partial charge in [0.25, 0.3) is 0 Å². The van der Waals surface area contributed by atoms with Crippen molar-refractivity contribution in [2.45, 2.75) is 31.7 Å². The second-order valence-electron chi connectivity index (χ2n) is 9.13. The lowest BCUT2D eigenvalue weighted by molar-refractivity contribution is -0.139. The molecule has 0 saturated carbocycles. The molecule has 0 radical (unpaired) electrons. The van der Waals surface area contributed by atoms with Crippen LogP contribution in [0.3, 0.4) is 0 Å². The van der Waals surface area contributed by atoms with Crippen molar-refractivity contribution in [2.24, 2.45) is 17.6 Å². The Hall–Kier alpha value is -2.70. The van der Waals surface area contributed by atoms with Crippen molar-refractivity contribution < 1.29 is 19.0 Å². The summed E-state index contributed by atoms with van der Waals surface area (Å²) >= 11 is 7.55. The van der Waals surface area contributed by atoms with Gasteiger partial charge in [-0.3, -0.25) is 14.7 Å². The monoisotopic (exact) mass is 529 g/mol. The zero-order chi connectivity index (χ0) is 25.7. The molecule has 3 aromatic rings. The molecule has 3 unspecified atom stereocenters. The van der Waals surface area contributed by atoms with Crippen LogP contribution in [0.5, 0.6) is 5.75 Å². The van der Waals surface area contributed by atoms with E-state index in [9.17, 15) is 14.3 Å². The van der Waals surface area contributed by atoms with E-state index in [1.54, 1.807) is 19.4 Å². The fraction of sp³-hybridized carbons (Fsp3) is 0.407. The normalized spacial score (nSPS) is 19.0. The molecule has 0 bridgehead atoms. The summed E-state index contributed by atoms with van der Waals surface area (Å²) in [6.07, 6.45) is 4.09. The van der Waals surface area contributed by atoms with E-state index in [0.29, 0.717) is 35.2 Å². The van der Waals surface area contributed by atoms with Crippen LogP contribution >= 0.6 is 22.9 Å². The van der Waals surface area contributed by atoms with Crippen molar-refractivity contribution in [2.75, 3.05) is 26.7 Å². The number of halogens is 2. The lowest BCUT2D eigenvalue weighted by Crippen LogP contribution is -2.41. The van der Waals surface area contributed by atoms with Gasteiger partial charge in [0.2, 0.25) is 0 Å². The molecular formula is C27H29ClFN3O3S. The van der Waals surface area contributed by atoms with Crippen LogP contribution in [0.1, 0.15) is 42.2 Å². The first-order chi connectivity index (χ1) is 17.3. The van der Waals surface area contributed by atoms with E-state index in [-0.39, 0.29) is 29.4 Å². The molecule has 1 saturated heterocycles.